The molecule has 0 aliphatic carbocycles. The Balaban J connectivity index is 1.64. The van der Waals surface area contributed by atoms with Gasteiger partial charge in [0, 0.05) is 13.1 Å². The first-order valence-electron chi connectivity index (χ1n) is 8.94. The molecule has 2 aromatic rings. The van der Waals surface area contributed by atoms with Crippen LogP contribution < -0.4 is 4.74 Å². The summed E-state index contributed by atoms with van der Waals surface area (Å²) in [5.41, 5.74) is 2.11. The van der Waals surface area contributed by atoms with Gasteiger partial charge >= 0.3 is 0 Å². The number of rotatable bonds is 5. The first-order valence-corrected chi connectivity index (χ1v) is 8.94. The molecule has 0 aromatic heterocycles. The zero-order valence-corrected chi connectivity index (χ0v) is 14.7. The Labute approximate surface area is 154 Å². The van der Waals surface area contributed by atoms with Crippen molar-refractivity contribution in [3.8, 4) is 11.8 Å². The molecule has 132 valence electrons. The van der Waals surface area contributed by atoms with Gasteiger partial charge in [-0.25, -0.2) is 0 Å². The number of likely N-dealkylation sites (tertiary alicyclic amines) is 1. The summed E-state index contributed by atoms with van der Waals surface area (Å²) in [6, 6.07) is 19.5. The second-order valence-electron chi connectivity index (χ2n) is 6.37. The van der Waals surface area contributed by atoms with Gasteiger partial charge in [0.2, 0.25) is 0 Å². The predicted molar refractivity (Wildman–Crippen MR) is 101 cm³/mol. The molecule has 1 heterocycles. The van der Waals surface area contributed by atoms with Crippen molar-refractivity contribution in [1.29, 1.82) is 5.26 Å². The third-order valence-corrected chi connectivity index (χ3v) is 4.43. The molecule has 0 spiro atoms. The van der Waals surface area contributed by atoms with Gasteiger partial charge < -0.3 is 9.64 Å². The first-order chi connectivity index (χ1) is 12.8. The molecule has 3 rings (SSSR count). The Morgan fingerprint density at radius 1 is 1.04 bits per heavy atom. The van der Waals surface area contributed by atoms with Gasteiger partial charge in [-0.2, -0.15) is 5.26 Å². The van der Waals surface area contributed by atoms with Gasteiger partial charge in [0.25, 0.3) is 5.91 Å². The molecule has 0 radical (unpaired) electrons. The zero-order chi connectivity index (χ0) is 18.2. The summed E-state index contributed by atoms with van der Waals surface area (Å²) < 4.78 is 5.76. The van der Waals surface area contributed by atoms with Crippen LogP contribution >= 0.6 is 0 Å². The topological polar surface area (TPSA) is 53.3 Å². The monoisotopic (exact) mass is 346 g/mol. The maximum Gasteiger partial charge on any atom is 0.264 e. The van der Waals surface area contributed by atoms with E-state index in [1.165, 1.54) is 0 Å². The van der Waals surface area contributed by atoms with Crippen molar-refractivity contribution in [2.24, 2.45) is 0 Å². The summed E-state index contributed by atoms with van der Waals surface area (Å²) in [6.07, 6.45) is 4.83. The van der Waals surface area contributed by atoms with E-state index in [4.69, 9.17) is 4.74 Å². The normalized spacial score (nSPS) is 14.6. The van der Waals surface area contributed by atoms with Crippen LogP contribution in [0.4, 0.5) is 0 Å². The summed E-state index contributed by atoms with van der Waals surface area (Å²) in [5.74, 6) is 0.587. The van der Waals surface area contributed by atoms with E-state index >= 15 is 0 Å². The minimum absolute atomic E-state index is 0.170. The molecule has 0 saturated carbocycles. The van der Waals surface area contributed by atoms with Crippen LogP contribution in [-0.4, -0.2) is 23.9 Å². The Hall–Kier alpha value is -3.06. The lowest BCUT2D eigenvalue weighted by molar-refractivity contribution is -0.127. The Bertz CT molecular complexity index is 798. The van der Waals surface area contributed by atoms with Crippen molar-refractivity contribution < 1.29 is 9.53 Å². The van der Waals surface area contributed by atoms with E-state index in [-0.39, 0.29) is 11.5 Å². The van der Waals surface area contributed by atoms with E-state index in [1.807, 2.05) is 60.7 Å². The maximum absolute atomic E-state index is 12.5. The zero-order valence-electron chi connectivity index (χ0n) is 14.7. The number of nitrogens with zero attached hydrogens (tertiary/aromatic N) is 2. The molecule has 1 amide bonds. The summed E-state index contributed by atoms with van der Waals surface area (Å²) >= 11 is 0. The Morgan fingerprint density at radius 2 is 1.73 bits per heavy atom. The van der Waals surface area contributed by atoms with Crippen LogP contribution in [0.2, 0.25) is 0 Å². The van der Waals surface area contributed by atoms with Gasteiger partial charge in [0.1, 0.15) is 24.0 Å². The van der Waals surface area contributed by atoms with Crippen LogP contribution in [0, 0.1) is 11.3 Å². The fraction of sp³-hybridized carbons (Fsp3) is 0.273. The Morgan fingerprint density at radius 3 is 2.38 bits per heavy atom. The summed E-state index contributed by atoms with van der Waals surface area (Å²) in [7, 11) is 0. The third-order valence-electron chi connectivity index (χ3n) is 4.43. The minimum atomic E-state index is -0.170. The van der Waals surface area contributed by atoms with E-state index in [0.717, 1.165) is 49.2 Å². The first kappa shape index (κ1) is 17.8. The van der Waals surface area contributed by atoms with Crippen LogP contribution in [0.3, 0.4) is 0 Å². The van der Waals surface area contributed by atoms with Gasteiger partial charge in [0.15, 0.2) is 0 Å². The van der Waals surface area contributed by atoms with Crippen LogP contribution in [0.5, 0.6) is 5.75 Å². The van der Waals surface area contributed by atoms with Crippen molar-refractivity contribution >= 4 is 12.0 Å². The molecule has 0 unspecified atom stereocenters. The van der Waals surface area contributed by atoms with Crippen LogP contribution in [0.15, 0.2) is 60.2 Å². The van der Waals surface area contributed by atoms with Crippen molar-refractivity contribution in [2.75, 3.05) is 13.1 Å². The smallest absolute Gasteiger partial charge is 0.264 e. The van der Waals surface area contributed by atoms with E-state index < -0.39 is 0 Å². The molecule has 0 bridgehead atoms. The van der Waals surface area contributed by atoms with Gasteiger partial charge in [-0.05, 0) is 48.6 Å². The second kappa shape index (κ2) is 8.87. The molecule has 2 aromatic carbocycles. The van der Waals surface area contributed by atoms with E-state index in [2.05, 4.69) is 0 Å². The highest BCUT2D eigenvalue weighted by Crippen LogP contribution is 2.18. The highest BCUT2D eigenvalue weighted by molar-refractivity contribution is 6.01. The predicted octanol–water partition coefficient (Wildman–Crippen LogP) is 4.19. The molecule has 26 heavy (non-hydrogen) atoms. The third kappa shape index (κ3) is 4.73. The molecule has 1 aliphatic heterocycles. The SMILES string of the molecule is N#C/C(=C\c1ccc(OCc2ccccc2)cc1)C(=O)N1CCCCC1. The van der Waals surface area contributed by atoms with Crippen molar-refractivity contribution in [3.05, 3.63) is 71.3 Å². The van der Waals surface area contributed by atoms with Gasteiger partial charge in [-0.15, -0.1) is 0 Å². The average molecular weight is 346 g/mol. The number of hydrogen-bond donors (Lipinski definition) is 0. The van der Waals surface area contributed by atoms with E-state index in [1.54, 1.807) is 11.0 Å². The second-order valence-corrected chi connectivity index (χ2v) is 6.37. The number of ether oxygens (including phenoxy) is 1. The fourth-order valence-corrected chi connectivity index (χ4v) is 2.98. The quantitative estimate of drug-likeness (QED) is 0.603. The Kier molecular flexibility index (Phi) is 6.05. The van der Waals surface area contributed by atoms with Crippen molar-refractivity contribution in [2.45, 2.75) is 25.9 Å². The van der Waals surface area contributed by atoms with E-state index in [0.29, 0.717) is 6.61 Å². The summed E-state index contributed by atoms with van der Waals surface area (Å²) in [5, 5.41) is 9.36. The lowest BCUT2D eigenvalue weighted by Crippen LogP contribution is -2.36. The van der Waals surface area contributed by atoms with Crippen LogP contribution in [0.25, 0.3) is 6.08 Å². The van der Waals surface area contributed by atoms with Crippen LogP contribution in [0.1, 0.15) is 30.4 Å². The minimum Gasteiger partial charge on any atom is -0.489 e. The van der Waals surface area contributed by atoms with Gasteiger partial charge in [0.05, 0.1) is 0 Å². The highest BCUT2D eigenvalue weighted by atomic mass is 16.5. The molecule has 1 fully saturated rings. The lowest BCUT2D eigenvalue weighted by atomic mass is 10.1. The molecular formula is C22H22N2O2. The number of amides is 1. The molecule has 1 aliphatic rings. The van der Waals surface area contributed by atoms with Crippen molar-refractivity contribution in [3.63, 3.8) is 0 Å². The summed E-state index contributed by atoms with van der Waals surface area (Å²) in [6.45, 7) is 1.99. The maximum atomic E-state index is 12.5. The molecule has 0 N–H and O–H groups in total. The number of nitriles is 1. The largest absolute Gasteiger partial charge is 0.489 e. The van der Waals surface area contributed by atoms with Gasteiger partial charge in [-0.3, -0.25) is 4.79 Å². The number of hydrogen-bond acceptors (Lipinski definition) is 3. The standard InChI is InChI=1S/C22H22N2O2/c23-16-20(22(25)24-13-5-2-6-14-24)15-18-9-11-21(12-10-18)26-17-19-7-3-1-4-8-19/h1,3-4,7-12,15H,2,5-6,13-14,17H2/b20-15+. The number of benzene rings is 2. The number of piperidine rings is 1. The van der Waals surface area contributed by atoms with E-state index in [9.17, 15) is 10.1 Å². The number of carbonyl (C=O) groups excluding carboxylic acids is 1. The van der Waals surface area contributed by atoms with Gasteiger partial charge in [-0.1, -0.05) is 42.5 Å². The summed E-state index contributed by atoms with van der Waals surface area (Å²) in [4.78, 5) is 14.2. The fourth-order valence-electron chi connectivity index (χ4n) is 2.98. The lowest BCUT2D eigenvalue weighted by Gasteiger charge is -2.26. The highest BCUT2D eigenvalue weighted by Gasteiger charge is 2.20. The molecule has 4 heteroatoms. The average Bonchev–Trinajstić information content (AvgIpc) is 2.72. The van der Waals surface area contributed by atoms with Crippen LogP contribution in [-0.2, 0) is 11.4 Å². The van der Waals surface area contributed by atoms with Crippen molar-refractivity contribution in [1.82, 2.24) is 4.90 Å². The number of carbonyl (C=O) groups is 1. The molecule has 1 saturated heterocycles. The molecule has 0 atom stereocenters. The molecular weight excluding hydrogens is 324 g/mol. The molecule has 4 nitrogen and oxygen atoms in total.